The van der Waals surface area contributed by atoms with Crippen LogP contribution in [0.3, 0.4) is 0 Å². The lowest BCUT2D eigenvalue weighted by atomic mass is 9.98. The molecule has 4 aromatic heterocycles. The minimum atomic E-state index is 0.643. The molecule has 0 radical (unpaired) electrons. The fourth-order valence-electron chi connectivity index (χ4n) is 7.40. The first-order chi connectivity index (χ1) is 24.8. The SMILES string of the molecule is c1ccc(-c2cc(-c3ccccc3)nc(-n3c4ccccc4c4cc(-c5cccc6c5c5ccccc5n6-c5ccccn5)ccc43)n2)cc1. The molecule has 4 heterocycles. The first kappa shape index (κ1) is 28.2. The highest BCUT2D eigenvalue weighted by molar-refractivity contribution is 6.17. The number of hydrogen-bond donors (Lipinski definition) is 0. The number of fused-ring (bicyclic) bond motifs is 6. The van der Waals surface area contributed by atoms with E-state index in [4.69, 9.17) is 15.0 Å². The number of nitrogens with zero attached hydrogens (tertiary/aromatic N) is 5. The molecular weight excluding hydrogens is 611 g/mol. The summed E-state index contributed by atoms with van der Waals surface area (Å²) in [4.78, 5) is 15.1. The van der Waals surface area contributed by atoms with Crippen molar-refractivity contribution in [3.63, 3.8) is 0 Å². The van der Waals surface area contributed by atoms with Crippen molar-refractivity contribution in [2.45, 2.75) is 0 Å². The zero-order valence-electron chi connectivity index (χ0n) is 27.0. The summed E-state index contributed by atoms with van der Waals surface area (Å²) in [7, 11) is 0. The average Bonchev–Trinajstić information content (AvgIpc) is 3.71. The van der Waals surface area contributed by atoms with Gasteiger partial charge >= 0.3 is 0 Å². The Kier molecular flexibility index (Phi) is 6.42. The van der Waals surface area contributed by atoms with Crippen molar-refractivity contribution >= 4 is 43.6 Å². The average molecular weight is 640 g/mol. The van der Waals surface area contributed by atoms with Crippen LogP contribution in [0.1, 0.15) is 0 Å². The van der Waals surface area contributed by atoms with Crippen molar-refractivity contribution in [3.05, 3.63) is 176 Å². The van der Waals surface area contributed by atoms with E-state index in [0.29, 0.717) is 5.95 Å². The highest BCUT2D eigenvalue weighted by atomic mass is 15.2. The molecule has 0 saturated heterocycles. The first-order valence-electron chi connectivity index (χ1n) is 16.8. The normalized spacial score (nSPS) is 11.6. The molecule has 0 unspecified atom stereocenters. The van der Waals surface area contributed by atoms with E-state index in [1.165, 1.54) is 16.3 Å². The van der Waals surface area contributed by atoms with Crippen LogP contribution < -0.4 is 0 Å². The minimum absolute atomic E-state index is 0.643. The Morgan fingerprint density at radius 3 is 1.68 bits per heavy atom. The summed E-state index contributed by atoms with van der Waals surface area (Å²) in [5, 5.41) is 4.72. The highest BCUT2D eigenvalue weighted by Crippen LogP contribution is 2.41. The Morgan fingerprint density at radius 1 is 0.380 bits per heavy atom. The zero-order chi connectivity index (χ0) is 33.0. The Hall–Kier alpha value is -6.85. The van der Waals surface area contributed by atoms with Crippen molar-refractivity contribution in [3.8, 4) is 45.4 Å². The van der Waals surface area contributed by atoms with E-state index in [0.717, 1.165) is 66.7 Å². The van der Waals surface area contributed by atoms with Crippen molar-refractivity contribution < 1.29 is 0 Å². The summed E-state index contributed by atoms with van der Waals surface area (Å²) in [5.41, 5.74) is 10.6. The number of aromatic nitrogens is 5. The first-order valence-corrected chi connectivity index (χ1v) is 16.8. The van der Waals surface area contributed by atoms with Gasteiger partial charge in [-0.2, -0.15) is 0 Å². The molecule has 234 valence electrons. The predicted octanol–water partition coefficient (Wildman–Crippen LogP) is 11.1. The number of benzene rings is 6. The predicted molar refractivity (Wildman–Crippen MR) is 205 cm³/mol. The maximum absolute atomic E-state index is 5.20. The third-order valence-corrected chi connectivity index (χ3v) is 9.61. The molecule has 0 N–H and O–H groups in total. The Bertz CT molecular complexity index is 2800. The fraction of sp³-hybridized carbons (Fsp3) is 0. The molecule has 10 aromatic rings. The number of pyridine rings is 1. The molecule has 5 nitrogen and oxygen atoms in total. The largest absolute Gasteiger partial charge is 0.294 e. The van der Waals surface area contributed by atoms with E-state index in [2.05, 4.69) is 155 Å². The van der Waals surface area contributed by atoms with Crippen LogP contribution in [0.15, 0.2) is 176 Å². The lowest BCUT2D eigenvalue weighted by Gasteiger charge is -2.12. The molecule has 0 atom stereocenters. The summed E-state index contributed by atoms with van der Waals surface area (Å²) in [6, 6.07) is 59.4. The van der Waals surface area contributed by atoms with Gasteiger partial charge in [-0.1, -0.05) is 121 Å². The topological polar surface area (TPSA) is 48.5 Å². The molecule has 5 heteroatoms. The van der Waals surface area contributed by atoms with E-state index in [1.54, 1.807) is 0 Å². The Balaban J connectivity index is 1.22. The van der Waals surface area contributed by atoms with Crippen molar-refractivity contribution in [1.82, 2.24) is 24.1 Å². The molecule has 0 bridgehead atoms. The molecular formula is C45H29N5. The Labute approximate surface area is 288 Å². The molecule has 0 amide bonds. The summed E-state index contributed by atoms with van der Waals surface area (Å²) >= 11 is 0. The number of rotatable bonds is 5. The Morgan fingerprint density at radius 2 is 0.980 bits per heavy atom. The number of para-hydroxylation sites is 2. The van der Waals surface area contributed by atoms with Gasteiger partial charge in [0.1, 0.15) is 5.82 Å². The van der Waals surface area contributed by atoms with Crippen LogP contribution in [-0.2, 0) is 0 Å². The standard InChI is InChI=1S/C45H29N5/c1-3-14-30(15-4-1)37-29-38(31-16-5-2-6-17-31)48-45(47-37)50-39-21-9-7-18-34(39)36-28-32(25-26-41(36)50)33-20-13-23-42-44(33)35-19-8-10-22-40(35)49(42)43-24-11-12-27-46-43/h1-29H. The van der Waals surface area contributed by atoms with Crippen LogP contribution in [0.2, 0.25) is 0 Å². The maximum Gasteiger partial charge on any atom is 0.235 e. The van der Waals surface area contributed by atoms with Gasteiger partial charge in [0, 0.05) is 38.9 Å². The van der Waals surface area contributed by atoms with E-state index in [1.807, 2.05) is 30.5 Å². The molecule has 10 rings (SSSR count). The van der Waals surface area contributed by atoms with E-state index < -0.39 is 0 Å². The van der Waals surface area contributed by atoms with Gasteiger partial charge in [0.15, 0.2) is 0 Å². The molecule has 0 aliphatic carbocycles. The van der Waals surface area contributed by atoms with Gasteiger partial charge in [0.25, 0.3) is 0 Å². The van der Waals surface area contributed by atoms with Gasteiger partial charge in [-0.3, -0.25) is 9.13 Å². The lowest BCUT2D eigenvalue weighted by Crippen LogP contribution is -2.03. The maximum atomic E-state index is 5.20. The summed E-state index contributed by atoms with van der Waals surface area (Å²) in [6.07, 6.45) is 1.85. The second-order valence-corrected chi connectivity index (χ2v) is 12.5. The lowest BCUT2D eigenvalue weighted by molar-refractivity contribution is 0.995. The van der Waals surface area contributed by atoms with Crippen molar-refractivity contribution in [2.75, 3.05) is 0 Å². The van der Waals surface area contributed by atoms with Crippen LogP contribution in [0.25, 0.3) is 89.0 Å². The fourth-order valence-corrected chi connectivity index (χ4v) is 7.40. The van der Waals surface area contributed by atoms with Gasteiger partial charge < -0.3 is 0 Å². The summed E-state index contributed by atoms with van der Waals surface area (Å²) < 4.78 is 4.47. The van der Waals surface area contributed by atoms with Gasteiger partial charge in [-0.05, 0) is 59.7 Å². The van der Waals surface area contributed by atoms with Crippen LogP contribution in [-0.4, -0.2) is 24.1 Å². The molecule has 0 fully saturated rings. The molecule has 0 aliphatic rings. The van der Waals surface area contributed by atoms with Crippen LogP contribution >= 0.6 is 0 Å². The van der Waals surface area contributed by atoms with Gasteiger partial charge in [0.2, 0.25) is 5.95 Å². The minimum Gasteiger partial charge on any atom is -0.294 e. The van der Waals surface area contributed by atoms with Crippen LogP contribution in [0, 0.1) is 0 Å². The second-order valence-electron chi connectivity index (χ2n) is 12.5. The van der Waals surface area contributed by atoms with E-state index in [9.17, 15) is 0 Å². The van der Waals surface area contributed by atoms with Crippen LogP contribution in [0.5, 0.6) is 0 Å². The molecule has 0 aliphatic heterocycles. The molecule has 6 aromatic carbocycles. The second kappa shape index (κ2) is 11.4. The third kappa shape index (κ3) is 4.45. The monoisotopic (exact) mass is 639 g/mol. The molecule has 0 saturated carbocycles. The van der Waals surface area contributed by atoms with Crippen molar-refractivity contribution in [1.29, 1.82) is 0 Å². The smallest absolute Gasteiger partial charge is 0.235 e. The van der Waals surface area contributed by atoms with Crippen molar-refractivity contribution in [2.24, 2.45) is 0 Å². The van der Waals surface area contributed by atoms with Gasteiger partial charge in [0.05, 0.1) is 33.5 Å². The van der Waals surface area contributed by atoms with E-state index >= 15 is 0 Å². The summed E-state index contributed by atoms with van der Waals surface area (Å²) in [5.74, 6) is 1.55. The summed E-state index contributed by atoms with van der Waals surface area (Å²) in [6.45, 7) is 0. The van der Waals surface area contributed by atoms with Gasteiger partial charge in [-0.25, -0.2) is 15.0 Å². The van der Waals surface area contributed by atoms with Gasteiger partial charge in [-0.15, -0.1) is 0 Å². The molecule has 50 heavy (non-hydrogen) atoms. The number of hydrogen-bond acceptors (Lipinski definition) is 3. The molecule has 0 spiro atoms. The van der Waals surface area contributed by atoms with Crippen LogP contribution in [0.4, 0.5) is 0 Å². The quantitative estimate of drug-likeness (QED) is 0.188. The third-order valence-electron chi connectivity index (χ3n) is 9.61. The highest BCUT2D eigenvalue weighted by Gasteiger charge is 2.20. The zero-order valence-corrected chi connectivity index (χ0v) is 27.0. The van der Waals surface area contributed by atoms with E-state index in [-0.39, 0.29) is 0 Å².